The third kappa shape index (κ3) is 3.02. The van der Waals surface area contributed by atoms with Gasteiger partial charge >= 0.3 is 8.80 Å². The summed E-state index contributed by atoms with van der Waals surface area (Å²) in [4.78, 5) is 0. The van der Waals surface area contributed by atoms with Gasteiger partial charge in [-0.1, -0.05) is 6.08 Å². The van der Waals surface area contributed by atoms with E-state index < -0.39 is 8.80 Å². The Kier molecular flexibility index (Phi) is 5.13. The van der Waals surface area contributed by atoms with E-state index in [0.717, 1.165) is 0 Å². The fourth-order valence-corrected chi connectivity index (χ4v) is 2.14. The lowest BCUT2D eigenvalue weighted by Gasteiger charge is -2.22. The highest BCUT2D eigenvalue weighted by molar-refractivity contribution is 6.61. The molecular weight excluding hydrogens is 162 g/mol. The van der Waals surface area contributed by atoms with E-state index in [2.05, 4.69) is 0 Å². The summed E-state index contributed by atoms with van der Waals surface area (Å²) in [7, 11) is 2.31. The Labute approximate surface area is 68.3 Å². The van der Waals surface area contributed by atoms with Crippen molar-refractivity contribution < 1.29 is 13.3 Å². The molecule has 0 fully saturated rings. The molecule has 0 heterocycles. The number of nitrogens with two attached hydrogens (primary N) is 1. The Morgan fingerprint density at radius 1 is 1.18 bits per heavy atom. The SMILES string of the molecule is CO[Si](CC=CN)(OC)OC. The molecule has 0 saturated heterocycles. The van der Waals surface area contributed by atoms with Gasteiger partial charge in [-0.2, -0.15) is 0 Å². The summed E-state index contributed by atoms with van der Waals surface area (Å²) >= 11 is 0. The predicted molar refractivity (Wildman–Crippen MR) is 44.9 cm³/mol. The van der Waals surface area contributed by atoms with Gasteiger partial charge in [0.25, 0.3) is 0 Å². The summed E-state index contributed by atoms with van der Waals surface area (Å²) in [5, 5.41) is 0. The quantitative estimate of drug-likeness (QED) is 0.615. The molecule has 0 aliphatic carbocycles. The second kappa shape index (κ2) is 5.31. The summed E-state index contributed by atoms with van der Waals surface area (Å²) in [6.45, 7) is 0. The Bertz CT molecular complexity index is 117. The third-order valence-electron chi connectivity index (χ3n) is 1.44. The molecule has 2 N–H and O–H groups in total. The number of hydrogen-bond acceptors (Lipinski definition) is 4. The molecule has 0 aromatic heterocycles. The first-order valence-corrected chi connectivity index (χ1v) is 5.20. The predicted octanol–water partition coefficient (Wildman–Crippen LogP) is 0.337. The first-order valence-electron chi connectivity index (χ1n) is 3.27. The average Bonchev–Trinajstić information content (AvgIpc) is 2.08. The molecule has 0 radical (unpaired) electrons. The van der Waals surface area contributed by atoms with Gasteiger partial charge in [0.05, 0.1) is 0 Å². The minimum atomic E-state index is -2.41. The summed E-state index contributed by atoms with van der Waals surface area (Å²) in [6, 6.07) is 0.604. The highest BCUT2D eigenvalue weighted by Gasteiger charge is 2.35. The van der Waals surface area contributed by atoms with Gasteiger partial charge in [-0.3, -0.25) is 0 Å². The van der Waals surface area contributed by atoms with Crippen molar-refractivity contribution >= 4 is 8.80 Å². The molecule has 0 rings (SSSR count). The minimum Gasteiger partial charge on any atom is -0.405 e. The van der Waals surface area contributed by atoms with Crippen molar-refractivity contribution in [1.82, 2.24) is 0 Å². The van der Waals surface area contributed by atoms with E-state index in [9.17, 15) is 0 Å². The average molecular weight is 177 g/mol. The van der Waals surface area contributed by atoms with Gasteiger partial charge < -0.3 is 19.0 Å². The molecule has 0 aliphatic rings. The van der Waals surface area contributed by atoms with E-state index in [-0.39, 0.29) is 0 Å². The van der Waals surface area contributed by atoms with Crippen LogP contribution in [0.3, 0.4) is 0 Å². The van der Waals surface area contributed by atoms with Gasteiger partial charge in [-0.25, -0.2) is 0 Å². The molecule has 4 nitrogen and oxygen atoms in total. The minimum absolute atomic E-state index is 0.604. The Hall–Kier alpha value is -0.363. The normalized spacial score (nSPS) is 12.6. The molecule has 0 aliphatic heterocycles. The molecule has 0 atom stereocenters. The van der Waals surface area contributed by atoms with Crippen LogP contribution in [0.4, 0.5) is 0 Å². The zero-order valence-corrected chi connectivity index (χ0v) is 8.16. The third-order valence-corrected chi connectivity index (χ3v) is 4.04. The summed E-state index contributed by atoms with van der Waals surface area (Å²) in [6.07, 6.45) is 3.22. The van der Waals surface area contributed by atoms with E-state index in [1.165, 1.54) is 6.20 Å². The molecule has 0 aromatic rings. The maximum Gasteiger partial charge on any atom is 0.504 e. The highest BCUT2D eigenvalue weighted by Crippen LogP contribution is 2.12. The molecule has 0 saturated carbocycles. The maximum atomic E-state index is 5.17. The van der Waals surface area contributed by atoms with Crippen LogP contribution in [0, 0.1) is 0 Å². The maximum absolute atomic E-state index is 5.17. The van der Waals surface area contributed by atoms with Crippen molar-refractivity contribution in [2.75, 3.05) is 21.3 Å². The Morgan fingerprint density at radius 3 is 1.91 bits per heavy atom. The first kappa shape index (κ1) is 10.6. The Balaban J connectivity index is 4.04. The second-order valence-electron chi connectivity index (χ2n) is 1.93. The monoisotopic (exact) mass is 177 g/mol. The van der Waals surface area contributed by atoms with Crippen LogP contribution < -0.4 is 5.73 Å². The van der Waals surface area contributed by atoms with Crippen molar-refractivity contribution in [3.8, 4) is 0 Å². The van der Waals surface area contributed by atoms with E-state index in [1.54, 1.807) is 27.4 Å². The van der Waals surface area contributed by atoms with Crippen LogP contribution in [0.15, 0.2) is 12.3 Å². The first-order chi connectivity index (χ1) is 5.24. The van der Waals surface area contributed by atoms with Gasteiger partial charge in [0.15, 0.2) is 0 Å². The van der Waals surface area contributed by atoms with Crippen LogP contribution in [0.1, 0.15) is 0 Å². The van der Waals surface area contributed by atoms with Gasteiger partial charge in [0.1, 0.15) is 0 Å². The molecule has 5 heteroatoms. The van der Waals surface area contributed by atoms with Crippen LogP contribution in [0.2, 0.25) is 6.04 Å². The fourth-order valence-electron chi connectivity index (χ4n) is 0.712. The van der Waals surface area contributed by atoms with E-state index in [0.29, 0.717) is 6.04 Å². The van der Waals surface area contributed by atoms with Crippen LogP contribution in [0.25, 0.3) is 0 Å². The summed E-state index contributed by atoms with van der Waals surface area (Å²) < 4.78 is 15.4. The van der Waals surface area contributed by atoms with Crippen molar-refractivity contribution in [3.63, 3.8) is 0 Å². The van der Waals surface area contributed by atoms with E-state index >= 15 is 0 Å². The van der Waals surface area contributed by atoms with Crippen LogP contribution >= 0.6 is 0 Å². The van der Waals surface area contributed by atoms with Crippen molar-refractivity contribution in [3.05, 3.63) is 12.3 Å². The van der Waals surface area contributed by atoms with E-state index in [1.807, 2.05) is 0 Å². The number of hydrogen-bond donors (Lipinski definition) is 1. The zero-order valence-electron chi connectivity index (χ0n) is 7.16. The van der Waals surface area contributed by atoms with Gasteiger partial charge in [-0.15, -0.1) is 0 Å². The lowest BCUT2D eigenvalue weighted by molar-refractivity contribution is 0.127. The smallest absolute Gasteiger partial charge is 0.405 e. The standard InChI is InChI=1S/C6H15NO3Si/c1-8-11(9-2,10-3)6-4-5-7/h4-5H,6-7H2,1-3H3. The van der Waals surface area contributed by atoms with Crippen LogP contribution in [0.5, 0.6) is 0 Å². The van der Waals surface area contributed by atoms with E-state index in [4.69, 9.17) is 19.0 Å². The summed E-state index contributed by atoms with van der Waals surface area (Å²) in [5.74, 6) is 0. The van der Waals surface area contributed by atoms with Gasteiger partial charge in [0, 0.05) is 27.4 Å². The molecule has 66 valence electrons. The zero-order chi connectivity index (χ0) is 8.74. The van der Waals surface area contributed by atoms with Crippen molar-refractivity contribution in [1.29, 1.82) is 0 Å². The number of allylic oxidation sites excluding steroid dienone is 1. The molecule has 0 bridgehead atoms. The topological polar surface area (TPSA) is 53.7 Å². The molecule has 0 unspecified atom stereocenters. The molecule has 0 amide bonds. The lowest BCUT2D eigenvalue weighted by Crippen LogP contribution is -2.42. The number of rotatable bonds is 5. The summed E-state index contributed by atoms with van der Waals surface area (Å²) in [5.41, 5.74) is 5.17. The van der Waals surface area contributed by atoms with Crippen LogP contribution in [-0.4, -0.2) is 30.1 Å². The fraction of sp³-hybridized carbons (Fsp3) is 0.667. The van der Waals surface area contributed by atoms with Crippen molar-refractivity contribution in [2.45, 2.75) is 6.04 Å². The van der Waals surface area contributed by atoms with Crippen LogP contribution in [-0.2, 0) is 13.3 Å². The van der Waals surface area contributed by atoms with Gasteiger partial charge in [0.2, 0.25) is 0 Å². The molecule has 11 heavy (non-hydrogen) atoms. The molecular formula is C6H15NO3Si. The molecule has 0 spiro atoms. The highest BCUT2D eigenvalue weighted by atomic mass is 28.4. The Morgan fingerprint density at radius 2 is 1.64 bits per heavy atom. The molecule has 0 aromatic carbocycles. The second-order valence-corrected chi connectivity index (χ2v) is 4.93. The lowest BCUT2D eigenvalue weighted by atomic mass is 10.7. The van der Waals surface area contributed by atoms with Gasteiger partial charge in [-0.05, 0) is 6.20 Å². The van der Waals surface area contributed by atoms with Crippen molar-refractivity contribution in [2.24, 2.45) is 5.73 Å². The largest absolute Gasteiger partial charge is 0.504 e.